The second-order valence-electron chi connectivity index (χ2n) is 3.78. The van der Waals surface area contributed by atoms with Crippen molar-refractivity contribution in [2.75, 3.05) is 26.2 Å². The Morgan fingerprint density at radius 2 is 2.29 bits per heavy atom. The molecule has 1 heterocycles. The molecule has 0 saturated carbocycles. The highest BCUT2D eigenvalue weighted by molar-refractivity contribution is 5.91. The van der Waals surface area contributed by atoms with Gasteiger partial charge in [0.1, 0.15) is 6.04 Å². The lowest BCUT2D eigenvalue weighted by atomic mass is 10.1. The van der Waals surface area contributed by atoms with Gasteiger partial charge in [-0.05, 0) is 6.42 Å². The quantitative estimate of drug-likeness (QED) is 0.520. The molecule has 7 heteroatoms. The maximum absolute atomic E-state index is 11.8. The number of nitrogens with zero attached hydrogens (tertiary/aromatic N) is 1. The first-order chi connectivity index (χ1) is 8.10. The van der Waals surface area contributed by atoms with Crippen LogP contribution in [0.25, 0.3) is 0 Å². The number of nitrogens with one attached hydrogen (secondary N) is 2. The maximum atomic E-state index is 11.8. The van der Waals surface area contributed by atoms with Gasteiger partial charge in [0, 0.05) is 13.1 Å². The molecule has 3 amide bonds. The maximum Gasteiger partial charge on any atom is 0.242 e. The van der Waals surface area contributed by atoms with Gasteiger partial charge < -0.3 is 21.3 Å². The molecule has 0 radical (unpaired) electrons. The van der Waals surface area contributed by atoms with Gasteiger partial charge in [-0.2, -0.15) is 0 Å². The fourth-order valence-corrected chi connectivity index (χ4v) is 1.77. The van der Waals surface area contributed by atoms with Gasteiger partial charge in [-0.3, -0.25) is 14.4 Å². The molecular weight excluding hydrogens is 224 g/mol. The van der Waals surface area contributed by atoms with Gasteiger partial charge in [0.05, 0.1) is 13.1 Å². The number of nitrogens with two attached hydrogens (primary N) is 1. The van der Waals surface area contributed by atoms with E-state index >= 15 is 0 Å². The Balaban J connectivity index is 2.54. The summed E-state index contributed by atoms with van der Waals surface area (Å²) in [5, 5.41) is 5.11. The second kappa shape index (κ2) is 6.19. The van der Waals surface area contributed by atoms with Crippen LogP contribution in [0.1, 0.15) is 13.3 Å². The van der Waals surface area contributed by atoms with E-state index in [1.807, 2.05) is 6.92 Å². The summed E-state index contributed by atoms with van der Waals surface area (Å²) in [6.07, 6.45) is 0.558. The van der Waals surface area contributed by atoms with Crippen molar-refractivity contribution in [3.8, 4) is 0 Å². The molecule has 1 atom stereocenters. The summed E-state index contributed by atoms with van der Waals surface area (Å²) in [7, 11) is 0. The van der Waals surface area contributed by atoms with Crippen LogP contribution in [0.5, 0.6) is 0 Å². The third kappa shape index (κ3) is 3.42. The normalized spacial score (nSPS) is 19.8. The SMILES string of the molecule is CCC1C(=O)NCCN1C(=O)CNC(=O)CN. The van der Waals surface area contributed by atoms with Gasteiger partial charge in [-0.15, -0.1) is 0 Å². The fraction of sp³-hybridized carbons (Fsp3) is 0.700. The third-order valence-electron chi connectivity index (χ3n) is 2.66. The van der Waals surface area contributed by atoms with Gasteiger partial charge in [0.2, 0.25) is 17.7 Å². The number of piperazine rings is 1. The first-order valence-corrected chi connectivity index (χ1v) is 5.64. The van der Waals surface area contributed by atoms with E-state index in [0.717, 1.165) is 0 Å². The fourth-order valence-electron chi connectivity index (χ4n) is 1.77. The zero-order valence-electron chi connectivity index (χ0n) is 9.86. The van der Waals surface area contributed by atoms with E-state index in [9.17, 15) is 14.4 Å². The Morgan fingerprint density at radius 3 is 2.88 bits per heavy atom. The summed E-state index contributed by atoms with van der Waals surface area (Å²) >= 11 is 0. The predicted octanol–water partition coefficient (Wildman–Crippen LogP) is -2.20. The zero-order chi connectivity index (χ0) is 12.8. The molecule has 1 saturated heterocycles. The molecule has 17 heavy (non-hydrogen) atoms. The standard InChI is InChI=1S/C10H18N4O3/c1-2-7-10(17)12-3-4-14(7)9(16)6-13-8(15)5-11/h7H,2-6,11H2,1H3,(H,12,17)(H,13,15). The van der Waals surface area contributed by atoms with E-state index in [4.69, 9.17) is 5.73 Å². The molecule has 0 aliphatic carbocycles. The van der Waals surface area contributed by atoms with Crippen molar-refractivity contribution in [1.82, 2.24) is 15.5 Å². The van der Waals surface area contributed by atoms with Gasteiger partial charge >= 0.3 is 0 Å². The van der Waals surface area contributed by atoms with Gasteiger partial charge in [0.15, 0.2) is 0 Å². The Kier molecular flexibility index (Phi) is 4.89. The highest BCUT2D eigenvalue weighted by Crippen LogP contribution is 2.08. The Morgan fingerprint density at radius 1 is 1.59 bits per heavy atom. The number of carbonyl (C=O) groups excluding carboxylic acids is 3. The number of hydrogen-bond donors (Lipinski definition) is 3. The highest BCUT2D eigenvalue weighted by atomic mass is 16.2. The molecule has 0 aromatic heterocycles. The summed E-state index contributed by atoms with van der Waals surface area (Å²) < 4.78 is 0. The molecule has 7 nitrogen and oxygen atoms in total. The summed E-state index contributed by atoms with van der Waals surface area (Å²) in [5.74, 6) is -0.779. The highest BCUT2D eigenvalue weighted by Gasteiger charge is 2.31. The Bertz CT molecular complexity index is 319. The largest absolute Gasteiger partial charge is 0.353 e. The lowest BCUT2D eigenvalue weighted by Crippen LogP contribution is -2.58. The average molecular weight is 242 g/mol. The van der Waals surface area contributed by atoms with E-state index in [1.165, 1.54) is 4.90 Å². The minimum absolute atomic E-state index is 0.111. The van der Waals surface area contributed by atoms with E-state index in [0.29, 0.717) is 19.5 Å². The first-order valence-electron chi connectivity index (χ1n) is 5.64. The molecule has 1 aliphatic rings. The minimum Gasteiger partial charge on any atom is -0.353 e. The van der Waals surface area contributed by atoms with E-state index in [-0.39, 0.29) is 30.8 Å². The van der Waals surface area contributed by atoms with Crippen molar-refractivity contribution < 1.29 is 14.4 Å². The number of rotatable bonds is 4. The van der Waals surface area contributed by atoms with E-state index in [2.05, 4.69) is 10.6 Å². The molecule has 96 valence electrons. The molecule has 1 rings (SSSR count). The van der Waals surface area contributed by atoms with Crippen LogP contribution in [0.2, 0.25) is 0 Å². The van der Waals surface area contributed by atoms with Crippen LogP contribution < -0.4 is 16.4 Å². The Hall–Kier alpha value is -1.63. The zero-order valence-corrected chi connectivity index (χ0v) is 9.86. The van der Waals surface area contributed by atoms with Crippen LogP contribution in [0, 0.1) is 0 Å². The van der Waals surface area contributed by atoms with Crippen molar-refractivity contribution in [3.05, 3.63) is 0 Å². The molecule has 0 bridgehead atoms. The molecule has 0 aromatic carbocycles. The Labute approximate surface area is 99.7 Å². The number of hydrogen-bond acceptors (Lipinski definition) is 4. The second-order valence-corrected chi connectivity index (χ2v) is 3.78. The monoisotopic (exact) mass is 242 g/mol. The lowest BCUT2D eigenvalue weighted by molar-refractivity contribution is -0.143. The van der Waals surface area contributed by atoms with Crippen molar-refractivity contribution in [2.24, 2.45) is 5.73 Å². The van der Waals surface area contributed by atoms with Crippen LogP contribution in [-0.2, 0) is 14.4 Å². The molecular formula is C10H18N4O3. The molecule has 4 N–H and O–H groups in total. The topological polar surface area (TPSA) is 105 Å². The van der Waals surface area contributed by atoms with Crippen LogP contribution in [0.15, 0.2) is 0 Å². The first kappa shape index (κ1) is 13.4. The van der Waals surface area contributed by atoms with Gasteiger partial charge in [-0.25, -0.2) is 0 Å². The van der Waals surface area contributed by atoms with Gasteiger partial charge in [-0.1, -0.05) is 6.92 Å². The average Bonchev–Trinajstić information content (AvgIpc) is 2.35. The molecule has 1 fully saturated rings. The molecule has 0 spiro atoms. The molecule has 0 aromatic rings. The van der Waals surface area contributed by atoms with Crippen LogP contribution >= 0.6 is 0 Å². The van der Waals surface area contributed by atoms with Crippen LogP contribution in [0.3, 0.4) is 0 Å². The summed E-state index contributed by atoms with van der Waals surface area (Å²) in [6, 6.07) is -0.439. The number of carbonyl (C=O) groups is 3. The summed E-state index contributed by atoms with van der Waals surface area (Å²) in [5.41, 5.74) is 5.11. The van der Waals surface area contributed by atoms with Crippen molar-refractivity contribution in [3.63, 3.8) is 0 Å². The van der Waals surface area contributed by atoms with E-state index in [1.54, 1.807) is 0 Å². The molecule has 1 aliphatic heterocycles. The van der Waals surface area contributed by atoms with Gasteiger partial charge in [0.25, 0.3) is 0 Å². The van der Waals surface area contributed by atoms with E-state index < -0.39 is 6.04 Å². The van der Waals surface area contributed by atoms with Crippen molar-refractivity contribution in [2.45, 2.75) is 19.4 Å². The van der Waals surface area contributed by atoms with Crippen molar-refractivity contribution >= 4 is 17.7 Å². The lowest BCUT2D eigenvalue weighted by Gasteiger charge is -2.34. The molecule has 1 unspecified atom stereocenters. The smallest absolute Gasteiger partial charge is 0.242 e. The van der Waals surface area contributed by atoms with Crippen LogP contribution in [-0.4, -0.2) is 54.8 Å². The third-order valence-corrected chi connectivity index (χ3v) is 2.66. The van der Waals surface area contributed by atoms with Crippen LogP contribution in [0.4, 0.5) is 0 Å². The number of amides is 3. The summed E-state index contributed by atoms with van der Waals surface area (Å²) in [6.45, 7) is 2.51. The predicted molar refractivity (Wildman–Crippen MR) is 60.9 cm³/mol. The minimum atomic E-state index is -0.439. The van der Waals surface area contributed by atoms with Crippen molar-refractivity contribution in [1.29, 1.82) is 0 Å². The summed E-state index contributed by atoms with van der Waals surface area (Å²) in [4.78, 5) is 35.8.